The van der Waals surface area contributed by atoms with Crippen LogP contribution in [-0.2, 0) is 14.6 Å². The van der Waals surface area contributed by atoms with Crippen molar-refractivity contribution in [3.63, 3.8) is 0 Å². The van der Waals surface area contributed by atoms with Gasteiger partial charge in [-0.15, -0.1) is 0 Å². The van der Waals surface area contributed by atoms with Crippen molar-refractivity contribution in [3.05, 3.63) is 11.8 Å². The molecule has 0 saturated carbocycles. The number of hydrogen-bond donors (Lipinski definition) is 2. The minimum Gasteiger partial charge on any atom is -0.450 e. The van der Waals surface area contributed by atoms with Gasteiger partial charge in [-0.25, -0.2) is 18.2 Å². The number of hydrogen-bond acceptors (Lipinski definition) is 8. The summed E-state index contributed by atoms with van der Waals surface area (Å²) in [5, 5.41) is 6.55. The van der Waals surface area contributed by atoms with Crippen molar-refractivity contribution in [2.75, 3.05) is 41.8 Å². The third-order valence-electron chi connectivity index (χ3n) is 4.79. The number of carbonyl (C=O) groups is 1. The molecular formula is C17H27N5O4S. The minimum absolute atomic E-state index is 0.124. The van der Waals surface area contributed by atoms with Gasteiger partial charge in [0.15, 0.2) is 9.84 Å². The van der Waals surface area contributed by atoms with Crippen LogP contribution >= 0.6 is 0 Å². The summed E-state index contributed by atoms with van der Waals surface area (Å²) in [7, 11) is -2.95. The number of rotatable bonds is 5. The van der Waals surface area contributed by atoms with Crippen LogP contribution in [0, 0.1) is 6.92 Å². The van der Waals surface area contributed by atoms with Crippen LogP contribution in [0.4, 0.5) is 16.6 Å². The second kappa shape index (κ2) is 8.28. The van der Waals surface area contributed by atoms with Gasteiger partial charge in [0.05, 0.1) is 18.1 Å². The lowest BCUT2D eigenvalue weighted by atomic mass is 10.1. The van der Waals surface area contributed by atoms with Crippen molar-refractivity contribution in [1.29, 1.82) is 0 Å². The average Bonchev–Trinajstić information content (AvgIpc) is 2.93. The van der Waals surface area contributed by atoms with Gasteiger partial charge in [0.1, 0.15) is 5.82 Å². The molecule has 0 aromatic carbocycles. The van der Waals surface area contributed by atoms with E-state index in [0.29, 0.717) is 37.9 Å². The van der Waals surface area contributed by atoms with Crippen LogP contribution < -0.4 is 10.6 Å². The number of amides is 1. The number of sulfone groups is 1. The van der Waals surface area contributed by atoms with Crippen molar-refractivity contribution in [1.82, 2.24) is 14.9 Å². The molecule has 0 spiro atoms. The van der Waals surface area contributed by atoms with Gasteiger partial charge in [-0.05, 0) is 33.1 Å². The van der Waals surface area contributed by atoms with E-state index in [1.807, 2.05) is 13.0 Å². The van der Waals surface area contributed by atoms with Crippen LogP contribution in [0.2, 0.25) is 0 Å². The standard InChI is InChI=1S/C17H27N5O4S/c1-3-26-17(23)22-7-4-13(5-8-22)19-15-10-12(2)18-16(21-15)20-14-6-9-27(24,25)11-14/h10,13-14H,3-9,11H2,1-2H3,(H2,18,19,20,21). The number of aromatic nitrogens is 2. The maximum absolute atomic E-state index is 11.8. The molecule has 2 aliphatic heterocycles. The quantitative estimate of drug-likeness (QED) is 0.767. The highest BCUT2D eigenvalue weighted by Crippen LogP contribution is 2.20. The van der Waals surface area contributed by atoms with Crippen molar-refractivity contribution in [2.45, 2.75) is 45.2 Å². The van der Waals surface area contributed by atoms with E-state index in [1.54, 1.807) is 11.8 Å². The van der Waals surface area contributed by atoms with Gasteiger partial charge in [-0.1, -0.05) is 0 Å². The fourth-order valence-electron chi connectivity index (χ4n) is 3.43. The first-order chi connectivity index (χ1) is 12.8. The fourth-order valence-corrected chi connectivity index (χ4v) is 5.10. The van der Waals surface area contributed by atoms with Gasteiger partial charge in [-0.2, -0.15) is 4.98 Å². The van der Waals surface area contributed by atoms with Gasteiger partial charge in [0.2, 0.25) is 5.95 Å². The van der Waals surface area contributed by atoms with Crippen LogP contribution in [0.5, 0.6) is 0 Å². The largest absolute Gasteiger partial charge is 0.450 e. The first-order valence-electron chi connectivity index (χ1n) is 9.35. The zero-order chi connectivity index (χ0) is 19.4. The predicted octanol–water partition coefficient (Wildman–Crippen LogP) is 1.42. The Labute approximate surface area is 159 Å². The zero-order valence-corrected chi connectivity index (χ0v) is 16.6. The van der Waals surface area contributed by atoms with E-state index in [1.165, 1.54) is 0 Å². The molecule has 0 bridgehead atoms. The Bertz CT molecular complexity index is 778. The maximum atomic E-state index is 11.8. The second-order valence-electron chi connectivity index (χ2n) is 7.07. The third-order valence-corrected chi connectivity index (χ3v) is 6.56. The summed E-state index contributed by atoms with van der Waals surface area (Å²) >= 11 is 0. The number of anilines is 2. The molecule has 1 aromatic rings. The SMILES string of the molecule is CCOC(=O)N1CCC(Nc2cc(C)nc(NC3CCS(=O)(=O)C3)n2)CC1. The maximum Gasteiger partial charge on any atom is 0.409 e. The van der Waals surface area contributed by atoms with E-state index >= 15 is 0 Å². The number of likely N-dealkylation sites (tertiary alicyclic amines) is 1. The second-order valence-corrected chi connectivity index (χ2v) is 9.30. The van der Waals surface area contributed by atoms with Crippen molar-refractivity contribution >= 4 is 27.7 Å². The highest BCUT2D eigenvalue weighted by atomic mass is 32.2. The first kappa shape index (κ1) is 19.7. The predicted molar refractivity (Wildman–Crippen MR) is 103 cm³/mol. The lowest BCUT2D eigenvalue weighted by molar-refractivity contribution is 0.0983. The summed E-state index contributed by atoms with van der Waals surface area (Å²) < 4.78 is 28.3. The molecule has 1 amide bonds. The molecule has 2 fully saturated rings. The molecule has 150 valence electrons. The normalized spacial score (nSPS) is 22.4. The highest BCUT2D eigenvalue weighted by Gasteiger charge is 2.28. The molecule has 2 saturated heterocycles. The average molecular weight is 398 g/mol. The summed E-state index contributed by atoms with van der Waals surface area (Å²) in [4.78, 5) is 22.4. The summed E-state index contributed by atoms with van der Waals surface area (Å²) in [5.41, 5.74) is 0.805. The molecule has 2 N–H and O–H groups in total. The molecule has 27 heavy (non-hydrogen) atoms. The molecule has 2 aliphatic rings. The van der Waals surface area contributed by atoms with Crippen molar-refractivity contribution in [3.8, 4) is 0 Å². The van der Waals surface area contributed by atoms with Gasteiger partial charge in [-0.3, -0.25) is 0 Å². The van der Waals surface area contributed by atoms with Gasteiger partial charge in [0.25, 0.3) is 0 Å². The number of nitrogens with zero attached hydrogens (tertiary/aromatic N) is 3. The molecule has 1 atom stereocenters. The minimum atomic E-state index is -2.95. The molecule has 10 heteroatoms. The number of ether oxygens (including phenoxy) is 1. The molecule has 9 nitrogen and oxygen atoms in total. The van der Waals surface area contributed by atoms with Gasteiger partial charge < -0.3 is 20.3 Å². The number of nitrogens with one attached hydrogen (secondary N) is 2. The Kier molecular flexibility index (Phi) is 6.03. The lowest BCUT2D eigenvalue weighted by Crippen LogP contribution is -2.42. The van der Waals surface area contributed by atoms with Crippen LogP contribution in [-0.4, -0.2) is 72.7 Å². The molecule has 0 radical (unpaired) electrons. The monoisotopic (exact) mass is 397 g/mol. The van der Waals surface area contributed by atoms with E-state index < -0.39 is 9.84 Å². The topological polar surface area (TPSA) is 114 Å². The van der Waals surface area contributed by atoms with E-state index in [4.69, 9.17) is 4.74 Å². The zero-order valence-electron chi connectivity index (χ0n) is 15.8. The Morgan fingerprint density at radius 1 is 1.22 bits per heavy atom. The smallest absolute Gasteiger partial charge is 0.409 e. The summed E-state index contributed by atoms with van der Waals surface area (Å²) in [6, 6.07) is 1.94. The summed E-state index contributed by atoms with van der Waals surface area (Å²) in [6.07, 6.45) is 1.94. The van der Waals surface area contributed by atoms with Gasteiger partial charge >= 0.3 is 6.09 Å². The fraction of sp³-hybridized carbons (Fsp3) is 0.706. The van der Waals surface area contributed by atoms with E-state index in [2.05, 4.69) is 20.6 Å². The highest BCUT2D eigenvalue weighted by molar-refractivity contribution is 7.91. The summed E-state index contributed by atoms with van der Waals surface area (Å²) in [6.45, 7) is 5.36. The Hall–Kier alpha value is -2.10. The lowest BCUT2D eigenvalue weighted by Gasteiger charge is -2.32. The molecule has 1 unspecified atom stereocenters. The number of aryl methyl sites for hydroxylation is 1. The first-order valence-corrected chi connectivity index (χ1v) is 11.2. The number of carbonyl (C=O) groups excluding carboxylic acids is 1. The third kappa shape index (κ3) is 5.44. The Morgan fingerprint density at radius 2 is 1.96 bits per heavy atom. The molecule has 3 rings (SSSR count). The summed E-state index contributed by atoms with van der Waals surface area (Å²) in [5.74, 6) is 1.49. The van der Waals surface area contributed by atoms with E-state index in [-0.39, 0.29) is 29.7 Å². The molecular weight excluding hydrogens is 370 g/mol. The van der Waals surface area contributed by atoms with Crippen LogP contribution in [0.3, 0.4) is 0 Å². The van der Waals surface area contributed by atoms with E-state index in [9.17, 15) is 13.2 Å². The van der Waals surface area contributed by atoms with Crippen LogP contribution in [0.25, 0.3) is 0 Å². The Morgan fingerprint density at radius 3 is 2.59 bits per heavy atom. The van der Waals surface area contributed by atoms with Crippen LogP contribution in [0.15, 0.2) is 6.07 Å². The van der Waals surface area contributed by atoms with E-state index in [0.717, 1.165) is 18.5 Å². The number of piperidine rings is 1. The van der Waals surface area contributed by atoms with Crippen LogP contribution in [0.1, 0.15) is 31.9 Å². The van der Waals surface area contributed by atoms with Crippen molar-refractivity contribution in [2.24, 2.45) is 0 Å². The van der Waals surface area contributed by atoms with Gasteiger partial charge in [0, 0.05) is 36.9 Å². The van der Waals surface area contributed by atoms with Crippen molar-refractivity contribution < 1.29 is 17.9 Å². The molecule has 3 heterocycles. The molecule has 1 aromatic heterocycles. The Balaban J connectivity index is 1.56. The molecule has 0 aliphatic carbocycles.